The van der Waals surface area contributed by atoms with E-state index in [1.54, 1.807) is 0 Å². The first kappa shape index (κ1) is 16.3. The van der Waals surface area contributed by atoms with E-state index >= 15 is 0 Å². The van der Waals surface area contributed by atoms with Crippen molar-refractivity contribution in [2.75, 3.05) is 18.9 Å². The number of benzene rings is 1. The summed E-state index contributed by atoms with van der Waals surface area (Å²) in [5.74, 6) is -2.05. The maximum atomic E-state index is 13.5. The SMILES string of the molecule is CNc1cc(C(=O)NCCCC(N)=O)c([N+](=O)[O-])cc1F. The number of hydrogen-bond donors (Lipinski definition) is 3. The summed E-state index contributed by atoms with van der Waals surface area (Å²) in [6.07, 6.45) is 0.405. The highest BCUT2D eigenvalue weighted by Crippen LogP contribution is 2.25. The Kier molecular flexibility index (Phi) is 5.58. The molecular formula is C12H15FN4O4. The lowest BCUT2D eigenvalue weighted by Crippen LogP contribution is -2.26. The number of rotatable bonds is 7. The van der Waals surface area contributed by atoms with Gasteiger partial charge in [-0.1, -0.05) is 0 Å². The molecule has 1 aromatic carbocycles. The molecule has 0 heterocycles. The molecule has 0 radical (unpaired) electrons. The van der Waals surface area contributed by atoms with Crippen LogP contribution in [0.4, 0.5) is 15.8 Å². The largest absolute Gasteiger partial charge is 0.386 e. The van der Waals surface area contributed by atoms with Crippen molar-refractivity contribution in [3.8, 4) is 0 Å². The number of hydrogen-bond acceptors (Lipinski definition) is 5. The van der Waals surface area contributed by atoms with E-state index in [9.17, 15) is 24.1 Å². The number of carbonyl (C=O) groups excluding carboxylic acids is 2. The Morgan fingerprint density at radius 3 is 2.62 bits per heavy atom. The summed E-state index contributed by atoms with van der Waals surface area (Å²) in [6.45, 7) is 0.130. The number of amides is 2. The van der Waals surface area contributed by atoms with Crippen molar-refractivity contribution < 1.29 is 18.9 Å². The summed E-state index contributed by atoms with van der Waals surface area (Å²) in [4.78, 5) is 32.5. The van der Waals surface area contributed by atoms with Gasteiger partial charge in [0.25, 0.3) is 11.6 Å². The average molecular weight is 298 g/mol. The second kappa shape index (κ2) is 7.17. The molecule has 114 valence electrons. The topological polar surface area (TPSA) is 127 Å². The molecule has 0 atom stereocenters. The first-order valence-corrected chi connectivity index (χ1v) is 6.09. The van der Waals surface area contributed by atoms with Crippen LogP contribution in [0.2, 0.25) is 0 Å². The lowest BCUT2D eigenvalue weighted by Gasteiger charge is -2.08. The fraction of sp³-hybridized carbons (Fsp3) is 0.333. The number of anilines is 1. The van der Waals surface area contributed by atoms with Crippen LogP contribution in [0.25, 0.3) is 0 Å². The molecule has 0 aliphatic heterocycles. The summed E-state index contributed by atoms with van der Waals surface area (Å²) in [7, 11) is 1.43. The molecule has 1 rings (SSSR count). The molecule has 2 amide bonds. The fourth-order valence-corrected chi connectivity index (χ4v) is 1.65. The maximum Gasteiger partial charge on any atom is 0.285 e. The molecule has 0 bridgehead atoms. The zero-order valence-electron chi connectivity index (χ0n) is 11.3. The van der Waals surface area contributed by atoms with Crippen molar-refractivity contribution in [2.24, 2.45) is 5.73 Å². The number of primary amides is 1. The quantitative estimate of drug-likeness (QED) is 0.389. The van der Waals surface area contributed by atoms with E-state index in [2.05, 4.69) is 10.6 Å². The van der Waals surface area contributed by atoms with Gasteiger partial charge in [-0.05, 0) is 12.5 Å². The van der Waals surface area contributed by atoms with Crippen molar-refractivity contribution in [3.05, 3.63) is 33.6 Å². The minimum atomic E-state index is -0.832. The second-order valence-electron chi connectivity index (χ2n) is 4.18. The lowest BCUT2D eigenvalue weighted by molar-refractivity contribution is -0.385. The third kappa shape index (κ3) is 4.41. The molecule has 21 heavy (non-hydrogen) atoms. The Balaban J connectivity index is 2.91. The molecule has 0 aliphatic carbocycles. The maximum absolute atomic E-state index is 13.5. The minimum Gasteiger partial charge on any atom is -0.386 e. The molecule has 0 saturated carbocycles. The smallest absolute Gasteiger partial charge is 0.285 e. The van der Waals surface area contributed by atoms with Gasteiger partial charge < -0.3 is 16.4 Å². The summed E-state index contributed by atoms with van der Waals surface area (Å²) >= 11 is 0. The molecule has 0 fully saturated rings. The van der Waals surface area contributed by atoms with Crippen molar-refractivity contribution in [1.82, 2.24) is 5.32 Å². The molecule has 1 aromatic rings. The van der Waals surface area contributed by atoms with Gasteiger partial charge in [0.1, 0.15) is 5.56 Å². The first-order chi connectivity index (χ1) is 9.86. The number of nitro benzene ring substituents is 1. The van der Waals surface area contributed by atoms with Crippen LogP contribution in [0, 0.1) is 15.9 Å². The molecule has 0 aromatic heterocycles. The van der Waals surface area contributed by atoms with Crippen LogP contribution in [0.1, 0.15) is 23.2 Å². The van der Waals surface area contributed by atoms with Crippen molar-refractivity contribution >= 4 is 23.2 Å². The van der Waals surface area contributed by atoms with Gasteiger partial charge in [0, 0.05) is 20.0 Å². The van der Waals surface area contributed by atoms with Crippen LogP contribution >= 0.6 is 0 Å². The summed E-state index contributed by atoms with van der Waals surface area (Å²) in [5, 5.41) is 15.8. The van der Waals surface area contributed by atoms with E-state index in [4.69, 9.17) is 5.73 Å². The summed E-state index contributed by atoms with van der Waals surface area (Å²) in [5.41, 5.74) is 4.04. The zero-order valence-corrected chi connectivity index (χ0v) is 11.3. The highest BCUT2D eigenvalue weighted by atomic mass is 19.1. The van der Waals surface area contributed by atoms with Crippen LogP contribution in [-0.2, 0) is 4.79 Å². The highest BCUT2D eigenvalue weighted by Gasteiger charge is 2.23. The predicted octanol–water partition coefficient (Wildman–Crippen LogP) is 0.771. The fourth-order valence-electron chi connectivity index (χ4n) is 1.65. The van der Waals surface area contributed by atoms with Crippen LogP contribution < -0.4 is 16.4 Å². The molecule has 0 spiro atoms. The first-order valence-electron chi connectivity index (χ1n) is 6.09. The average Bonchev–Trinajstić information content (AvgIpc) is 2.42. The van der Waals surface area contributed by atoms with Crippen LogP contribution in [-0.4, -0.2) is 30.3 Å². The Labute approximate surface area is 119 Å². The highest BCUT2D eigenvalue weighted by molar-refractivity contribution is 5.99. The van der Waals surface area contributed by atoms with E-state index in [0.717, 1.165) is 6.07 Å². The molecule has 0 unspecified atom stereocenters. The van der Waals surface area contributed by atoms with E-state index in [1.807, 2.05) is 0 Å². The normalized spacial score (nSPS) is 10.0. The van der Waals surface area contributed by atoms with Crippen molar-refractivity contribution in [2.45, 2.75) is 12.8 Å². The molecule has 0 saturated heterocycles. The van der Waals surface area contributed by atoms with Gasteiger partial charge in [-0.25, -0.2) is 4.39 Å². The Hall–Kier alpha value is -2.71. The molecule has 8 nitrogen and oxygen atoms in total. The monoisotopic (exact) mass is 298 g/mol. The van der Waals surface area contributed by atoms with Gasteiger partial charge in [0.05, 0.1) is 16.7 Å². The molecule has 4 N–H and O–H groups in total. The molecule has 0 aliphatic rings. The minimum absolute atomic E-state index is 0.0251. The Morgan fingerprint density at radius 1 is 1.43 bits per heavy atom. The standard InChI is InChI=1S/C12H15FN4O4/c1-15-9-5-7(10(17(20)21)6-8(9)13)12(19)16-4-2-3-11(14)18/h5-6,15H,2-4H2,1H3,(H2,14,18)(H,16,19). The third-order valence-corrected chi connectivity index (χ3v) is 2.68. The number of nitrogens with two attached hydrogens (primary N) is 1. The lowest BCUT2D eigenvalue weighted by atomic mass is 10.1. The van der Waals surface area contributed by atoms with Gasteiger partial charge in [0.2, 0.25) is 5.91 Å². The third-order valence-electron chi connectivity index (χ3n) is 2.68. The Morgan fingerprint density at radius 2 is 2.10 bits per heavy atom. The van der Waals surface area contributed by atoms with Gasteiger partial charge in [0.15, 0.2) is 5.82 Å². The predicted molar refractivity (Wildman–Crippen MR) is 73.4 cm³/mol. The van der Waals surface area contributed by atoms with Gasteiger partial charge >= 0.3 is 0 Å². The van der Waals surface area contributed by atoms with Crippen LogP contribution in [0.3, 0.4) is 0 Å². The molecule has 9 heteroatoms. The van der Waals surface area contributed by atoms with E-state index in [1.165, 1.54) is 7.05 Å². The van der Waals surface area contributed by atoms with E-state index in [0.29, 0.717) is 12.5 Å². The number of halogens is 1. The summed E-state index contributed by atoms with van der Waals surface area (Å²) in [6, 6.07) is 1.75. The Bertz CT molecular complexity index is 577. The van der Waals surface area contributed by atoms with Crippen LogP contribution in [0.15, 0.2) is 12.1 Å². The van der Waals surface area contributed by atoms with Crippen LogP contribution in [0.5, 0.6) is 0 Å². The summed E-state index contributed by atoms with van der Waals surface area (Å²) < 4.78 is 13.5. The van der Waals surface area contributed by atoms with Crippen molar-refractivity contribution in [3.63, 3.8) is 0 Å². The number of nitro groups is 1. The number of nitrogens with zero attached hydrogens (tertiary/aromatic N) is 1. The van der Waals surface area contributed by atoms with E-state index < -0.39 is 28.2 Å². The van der Waals surface area contributed by atoms with Gasteiger partial charge in [-0.2, -0.15) is 0 Å². The van der Waals surface area contributed by atoms with Gasteiger partial charge in [-0.3, -0.25) is 19.7 Å². The molecular weight excluding hydrogens is 283 g/mol. The second-order valence-corrected chi connectivity index (χ2v) is 4.18. The zero-order chi connectivity index (χ0) is 16.0. The number of carbonyl (C=O) groups is 2. The van der Waals surface area contributed by atoms with Gasteiger partial charge in [-0.15, -0.1) is 0 Å². The van der Waals surface area contributed by atoms with E-state index in [-0.39, 0.29) is 24.2 Å². The number of nitrogens with one attached hydrogen (secondary N) is 2. The van der Waals surface area contributed by atoms with Crippen molar-refractivity contribution in [1.29, 1.82) is 0 Å².